The lowest BCUT2D eigenvalue weighted by atomic mass is 9.93. The SMILES string of the molecule is NC(O)C1CCN(C(=O)CC2CCOCC2)CC1. The molecule has 5 heteroatoms. The van der Waals surface area contributed by atoms with Gasteiger partial charge in [-0.1, -0.05) is 0 Å². The van der Waals surface area contributed by atoms with E-state index >= 15 is 0 Å². The summed E-state index contributed by atoms with van der Waals surface area (Å²) in [5, 5.41) is 9.32. The van der Waals surface area contributed by atoms with Crippen LogP contribution in [0.3, 0.4) is 0 Å². The maximum Gasteiger partial charge on any atom is 0.222 e. The summed E-state index contributed by atoms with van der Waals surface area (Å²) in [6.45, 7) is 3.06. The zero-order valence-electron chi connectivity index (χ0n) is 10.9. The van der Waals surface area contributed by atoms with Gasteiger partial charge in [0.25, 0.3) is 0 Å². The highest BCUT2D eigenvalue weighted by Gasteiger charge is 2.27. The van der Waals surface area contributed by atoms with Crippen LogP contribution in [0.2, 0.25) is 0 Å². The lowest BCUT2D eigenvalue weighted by Gasteiger charge is -2.34. The van der Waals surface area contributed by atoms with E-state index in [0.717, 1.165) is 52.0 Å². The summed E-state index contributed by atoms with van der Waals surface area (Å²) in [5.41, 5.74) is 5.48. The minimum Gasteiger partial charge on any atom is -0.381 e. The van der Waals surface area contributed by atoms with Crippen molar-refractivity contribution in [2.75, 3.05) is 26.3 Å². The Balaban J connectivity index is 1.73. The molecule has 2 aliphatic heterocycles. The molecule has 0 aliphatic carbocycles. The van der Waals surface area contributed by atoms with Crippen LogP contribution in [0.15, 0.2) is 0 Å². The maximum absolute atomic E-state index is 12.1. The van der Waals surface area contributed by atoms with Gasteiger partial charge >= 0.3 is 0 Å². The molecule has 1 unspecified atom stereocenters. The number of nitrogens with two attached hydrogens (primary N) is 1. The van der Waals surface area contributed by atoms with Crippen molar-refractivity contribution in [1.29, 1.82) is 0 Å². The monoisotopic (exact) mass is 256 g/mol. The van der Waals surface area contributed by atoms with Crippen molar-refractivity contribution in [3.8, 4) is 0 Å². The van der Waals surface area contributed by atoms with Gasteiger partial charge < -0.3 is 20.5 Å². The summed E-state index contributed by atoms with van der Waals surface area (Å²) in [7, 11) is 0. The molecule has 104 valence electrons. The Bertz CT molecular complexity index is 269. The van der Waals surface area contributed by atoms with E-state index in [0.29, 0.717) is 12.3 Å². The molecule has 0 radical (unpaired) electrons. The second kappa shape index (κ2) is 6.50. The van der Waals surface area contributed by atoms with Gasteiger partial charge in [0.15, 0.2) is 0 Å². The number of hydrogen-bond acceptors (Lipinski definition) is 4. The predicted octanol–water partition coefficient (Wildman–Crippen LogP) is 0.319. The van der Waals surface area contributed by atoms with Crippen molar-refractivity contribution in [2.24, 2.45) is 17.6 Å². The lowest BCUT2D eigenvalue weighted by Crippen LogP contribution is -2.43. The fourth-order valence-corrected chi connectivity index (χ4v) is 2.82. The molecule has 0 aromatic rings. The summed E-state index contributed by atoms with van der Waals surface area (Å²) in [6, 6.07) is 0. The van der Waals surface area contributed by atoms with Crippen molar-refractivity contribution in [3.63, 3.8) is 0 Å². The number of hydrogen-bond donors (Lipinski definition) is 2. The van der Waals surface area contributed by atoms with Crippen molar-refractivity contribution >= 4 is 5.91 Å². The average Bonchev–Trinajstić information content (AvgIpc) is 2.40. The van der Waals surface area contributed by atoms with Crippen LogP contribution in [-0.2, 0) is 9.53 Å². The van der Waals surface area contributed by atoms with Crippen LogP contribution in [0.1, 0.15) is 32.1 Å². The molecular formula is C13H24N2O3. The van der Waals surface area contributed by atoms with Crippen LogP contribution in [0.4, 0.5) is 0 Å². The van der Waals surface area contributed by atoms with Crippen LogP contribution < -0.4 is 5.73 Å². The molecule has 5 nitrogen and oxygen atoms in total. The highest BCUT2D eigenvalue weighted by molar-refractivity contribution is 5.76. The molecule has 0 aromatic heterocycles. The molecule has 3 N–H and O–H groups in total. The van der Waals surface area contributed by atoms with E-state index in [1.165, 1.54) is 0 Å². The number of likely N-dealkylation sites (tertiary alicyclic amines) is 1. The molecule has 0 spiro atoms. The van der Waals surface area contributed by atoms with Crippen LogP contribution in [0.25, 0.3) is 0 Å². The molecule has 2 aliphatic rings. The summed E-state index contributed by atoms with van der Waals surface area (Å²) < 4.78 is 5.30. The number of ether oxygens (including phenoxy) is 1. The summed E-state index contributed by atoms with van der Waals surface area (Å²) in [5.74, 6) is 0.896. The number of aliphatic hydroxyl groups is 1. The number of aliphatic hydroxyl groups excluding tert-OH is 1. The van der Waals surface area contributed by atoms with E-state index in [1.807, 2.05) is 4.90 Å². The molecule has 1 atom stereocenters. The van der Waals surface area contributed by atoms with Crippen molar-refractivity contribution in [1.82, 2.24) is 4.90 Å². The lowest BCUT2D eigenvalue weighted by molar-refractivity contribution is -0.134. The van der Waals surface area contributed by atoms with Gasteiger partial charge in [-0.3, -0.25) is 4.79 Å². The first-order chi connectivity index (χ1) is 8.66. The number of carbonyl (C=O) groups excluding carboxylic acids is 1. The Labute approximate surface area is 108 Å². The molecule has 18 heavy (non-hydrogen) atoms. The Morgan fingerprint density at radius 3 is 2.44 bits per heavy atom. The average molecular weight is 256 g/mol. The van der Waals surface area contributed by atoms with Crippen LogP contribution >= 0.6 is 0 Å². The highest BCUT2D eigenvalue weighted by atomic mass is 16.5. The fraction of sp³-hybridized carbons (Fsp3) is 0.923. The van der Waals surface area contributed by atoms with Gasteiger partial charge in [-0.25, -0.2) is 0 Å². The second-order valence-corrected chi connectivity index (χ2v) is 5.47. The van der Waals surface area contributed by atoms with E-state index in [1.54, 1.807) is 0 Å². The number of rotatable bonds is 3. The molecule has 0 bridgehead atoms. The Hall–Kier alpha value is -0.650. The molecule has 1 amide bonds. The Morgan fingerprint density at radius 1 is 1.28 bits per heavy atom. The first-order valence-corrected chi connectivity index (χ1v) is 6.96. The van der Waals surface area contributed by atoms with E-state index in [2.05, 4.69) is 0 Å². The predicted molar refractivity (Wildman–Crippen MR) is 67.7 cm³/mol. The maximum atomic E-state index is 12.1. The van der Waals surface area contributed by atoms with Crippen LogP contribution in [0, 0.1) is 11.8 Å². The molecule has 0 aromatic carbocycles. The van der Waals surface area contributed by atoms with Crippen LogP contribution in [0.5, 0.6) is 0 Å². The number of carbonyl (C=O) groups is 1. The minimum absolute atomic E-state index is 0.150. The van der Waals surface area contributed by atoms with Gasteiger partial charge in [0.1, 0.15) is 6.23 Å². The number of amides is 1. The zero-order chi connectivity index (χ0) is 13.0. The van der Waals surface area contributed by atoms with Gasteiger partial charge in [0.2, 0.25) is 5.91 Å². The molecular weight excluding hydrogens is 232 g/mol. The topological polar surface area (TPSA) is 75.8 Å². The smallest absolute Gasteiger partial charge is 0.222 e. The molecule has 2 rings (SSSR count). The first kappa shape index (κ1) is 13.8. The van der Waals surface area contributed by atoms with Gasteiger partial charge in [-0.15, -0.1) is 0 Å². The van der Waals surface area contributed by atoms with Gasteiger partial charge in [0.05, 0.1) is 0 Å². The normalized spacial score (nSPS) is 25.1. The van der Waals surface area contributed by atoms with Crippen molar-refractivity contribution in [3.05, 3.63) is 0 Å². The number of piperidine rings is 1. The third-order valence-corrected chi connectivity index (χ3v) is 4.18. The zero-order valence-corrected chi connectivity index (χ0v) is 10.9. The minimum atomic E-state index is -0.738. The van der Waals surface area contributed by atoms with Crippen molar-refractivity contribution in [2.45, 2.75) is 38.3 Å². The Kier molecular flexibility index (Phi) is 4.97. The summed E-state index contributed by atoms with van der Waals surface area (Å²) in [4.78, 5) is 14.1. The number of nitrogens with zero attached hydrogens (tertiary/aromatic N) is 1. The third kappa shape index (κ3) is 3.67. The highest BCUT2D eigenvalue weighted by Crippen LogP contribution is 2.23. The van der Waals surface area contributed by atoms with Gasteiger partial charge in [-0.05, 0) is 31.6 Å². The standard InChI is InChI=1S/C13H24N2O3/c14-13(17)11-1-5-15(6-2-11)12(16)9-10-3-7-18-8-4-10/h10-11,13,17H,1-9,14H2. The van der Waals surface area contributed by atoms with Crippen LogP contribution in [-0.4, -0.2) is 48.4 Å². The van der Waals surface area contributed by atoms with Gasteiger partial charge in [0, 0.05) is 38.6 Å². The summed E-state index contributed by atoms with van der Waals surface area (Å²) >= 11 is 0. The molecule has 2 fully saturated rings. The molecule has 0 saturated carbocycles. The quantitative estimate of drug-likeness (QED) is 0.713. The molecule has 2 heterocycles. The van der Waals surface area contributed by atoms with E-state index in [-0.39, 0.29) is 11.8 Å². The largest absolute Gasteiger partial charge is 0.381 e. The molecule has 2 saturated heterocycles. The van der Waals surface area contributed by atoms with E-state index < -0.39 is 6.23 Å². The first-order valence-electron chi connectivity index (χ1n) is 6.96. The van der Waals surface area contributed by atoms with E-state index in [9.17, 15) is 9.90 Å². The summed E-state index contributed by atoms with van der Waals surface area (Å²) in [6.07, 6.45) is 3.55. The second-order valence-electron chi connectivity index (χ2n) is 5.47. The van der Waals surface area contributed by atoms with Gasteiger partial charge in [-0.2, -0.15) is 0 Å². The van der Waals surface area contributed by atoms with Crippen molar-refractivity contribution < 1.29 is 14.6 Å². The third-order valence-electron chi connectivity index (χ3n) is 4.18. The fourth-order valence-electron chi connectivity index (χ4n) is 2.82. The van der Waals surface area contributed by atoms with E-state index in [4.69, 9.17) is 10.5 Å². The Morgan fingerprint density at radius 2 is 1.89 bits per heavy atom.